The zero-order valence-electron chi connectivity index (χ0n) is 17.3. The molecule has 4 aliphatic carbocycles. The van der Waals surface area contributed by atoms with E-state index < -0.39 is 5.56 Å². The van der Waals surface area contributed by atoms with Crippen LogP contribution in [0.3, 0.4) is 0 Å². The molecular weight excluding hydrogens is 353 g/mol. The van der Waals surface area contributed by atoms with E-state index in [9.17, 15) is 9.28 Å². The van der Waals surface area contributed by atoms with Gasteiger partial charge >= 0.3 is 0 Å². The molecule has 4 fully saturated rings. The van der Waals surface area contributed by atoms with Crippen molar-refractivity contribution in [3.05, 3.63) is 28.7 Å². The summed E-state index contributed by atoms with van der Waals surface area (Å²) in [5.74, 6) is 4.00. The Morgan fingerprint density at radius 1 is 1.07 bits per heavy atom. The Balaban J connectivity index is 1.36. The Morgan fingerprint density at radius 2 is 1.89 bits per heavy atom. The van der Waals surface area contributed by atoms with Crippen LogP contribution in [0.5, 0.6) is 5.75 Å². The van der Waals surface area contributed by atoms with Gasteiger partial charge in [-0.25, -0.2) is 0 Å². The lowest BCUT2D eigenvalue weighted by Gasteiger charge is -2.60. The molecule has 4 heteroatoms. The van der Waals surface area contributed by atoms with E-state index in [1.54, 1.807) is 6.07 Å². The summed E-state index contributed by atoms with van der Waals surface area (Å²) in [5, 5.41) is 0. The summed E-state index contributed by atoms with van der Waals surface area (Å²) in [5.41, 5.74) is 0.304. The lowest BCUT2D eigenvalue weighted by molar-refractivity contribution is -0.121. The summed E-state index contributed by atoms with van der Waals surface area (Å²) in [4.78, 5) is 11.7. The highest BCUT2D eigenvalue weighted by molar-refractivity contribution is 5.18. The molecule has 0 aliphatic heterocycles. The first-order valence-corrected chi connectivity index (χ1v) is 11.4. The van der Waals surface area contributed by atoms with Crippen molar-refractivity contribution in [1.82, 2.24) is 4.79 Å². The minimum atomic E-state index is -0.650. The van der Waals surface area contributed by atoms with Crippen molar-refractivity contribution in [1.29, 1.82) is 0 Å². The molecule has 2 unspecified atom stereocenters. The molecule has 28 heavy (non-hydrogen) atoms. The van der Waals surface area contributed by atoms with Crippen LogP contribution in [0.25, 0.3) is 0 Å². The van der Waals surface area contributed by atoms with Crippen LogP contribution in [0.1, 0.15) is 78.1 Å². The van der Waals surface area contributed by atoms with Gasteiger partial charge in [-0.1, -0.05) is 24.7 Å². The van der Waals surface area contributed by atoms with Gasteiger partial charge in [0, 0.05) is 12.3 Å². The lowest BCUT2D eigenvalue weighted by Crippen LogP contribution is -2.54. The van der Waals surface area contributed by atoms with E-state index in [1.807, 2.05) is 0 Å². The monoisotopic (exact) mass is 387 g/mol. The molecular formula is C24H34FNO2. The molecule has 7 atom stereocenters. The van der Waals surface area contributed by atoms with Gasteiger partial charge in [0.1, 0.15) is 5.75 Å². The van der Waals surface area contributed by atoms with Crippen molar-refractivity contribution in [3.63, 3.8) is 0 Å². The van der Waals surface area contributed by atoms with Gasteiger partial charge in [-0.05, 0) is 98.4 Å². The lowest BCUT2D eigenvalue weighted by atomic mass is 9.45. The van der Waals surface area contributed by atoms with Gasteiger partial charge in [0.05, 0.1) is 6.10 Å². The summed E-state index contributed by atoms with van der Waals surface area (Å²) >= 11 is 0. The smallest absolute Gasteiger partial charge is 0.282 e. The number of fused-ring (bicyclic) bond motifs is 5. The summed E-state index contributed by atoms with van der Waals surface area (Å²) in [7, 11) is 0. The third-order valence-corrected chi connectivity index (χ3v) is 9.50. The van der Waals surface area contributed by atoms with Gasteiger partial charge in [0.2, 0.25) is 0 Å². The number of nitrogens with zero attached hydrogens (tertiary/aromatic N) is 1. The zero-order valence-corrected chi connectivity index (χ0v) is 17.3. The highest BCUT2D eigenvalue weighted by Gasteiger charge is 2.58. The highest BCUT2D eigenvalue weighted by Crippen LogP contribution is 2.66. The van der Waals surface area contributed by atoms with Crippen LogP contribution >= 0.6 is 0 Å². The van der Waals surface area contributed by atoms with Crippen molar-refractivity contribution in [2.45, 2.75) is 84.2 Å². The maximum absolute atomic E-state index is 13.2. The molecule has 1 heterocycles. The normalized spacial score (nSPS) is 45.0. The Labute approximate surface area is 167 Å². The first-order valence-electron chi connectivity index (χ1n) is 11.4. The van der Waals surface area contributed by atoms with E-state index in [0.717, 1.165) is 42.7 Å². The second-order valence-electron chi connectivity index (χ2n) is 10.8. The van der Waals surface area contributed by atoms with Crippen LogP contribution in [-0.2, 0) is 0 Å². The second kappa shape index (κ2) is 6.60. The van der Waals surface area contributed by atoms with E-state index in [2.05, 4.69) is 13.8 Å². The largest absolute Gasteiger partial charge is 0.490 e. The average Bonchev–Trinajstić information content (AvgIpc) is 3.06. The fourth-order valence-electron chi connectivity index (χ4n) is 8.11. The Hall–Kier alpha value is -1.32. The number of pyridine rings is 1. The van der Waals surface area contributed by atoms with Gasteiger partial charge in [-0.2, -0.15) is 0 Å². The molecule has 0 radical (unpaired) electrons. The maximum Gasteiger partial charge on any atom is 0.282 e. The van der Waals surface area contributed by atoms with Crippen LogP contribution in [0.4, 0.5) is 4.48 Å². The quantitative estimate of drug-likeness (QED) is 0.646. The van der Waals surface area contributed by atoms with Crippen molar-refractivity contribution in [2.24, 2.45) is 34.5 Å². The second-order valence-corrected chi connectivity index (χ2v) is 10.8. The SMILES string of the molecule is C[C@@]12CCC[C@H]1[C@@H]1CCC3CCC(Oc4ccn(F)c(=O)c4)C[C@]3(C)[C@@H]1CC2. The van der Waals surface area contributed by atoms with Crippen molar-refractivity contribution < 1.29 is 9.22 Å². The number of halogens is 1. The Bertz CT molecular complexity index is 806. The van der Waals surface area contributed by atoms with E-state index in [0.29, 0.717) is 16.6 Å². The first-order chi connectivity index (χ1) is 13.4. The van der Waals surface area contributed by atoms with E-state index in [-0.39, 0.29) is 10.9 Å². The molecule has 4 saturated carbocycles. The topological polar surface area (TPSA) is 31.2 Å². The van der Waals surface area contributed by atoms with Gasteiger partial charge in [-0.15, -0.1) is 4.79 Å². The Kier molecular flexibility index (Phi) is 4.41. The molecule has 4 aliphatic rings. The Morgan fingerprint density at radius 3 is 2.71 bits per heavy atom. The molecule has 1 aromatic heterocycles. The minimum absolute atomic E-state index is 0.109. The first kappa shape index (κ1) is 18.7. The fourth-order valence-corrected chi connectivity index (χ4v) is 8.11. The standard InChI is InChI=1S/C24H34FNO2/c1-23-11-3-4-20(23)19-8-6-16-5-7-18(15-24(16,2)21(19)9-12-23)28-17-10-13-26(25)22(27)14-17/h10,13-14,16,18-21H,3-9,11-12,15H2,1-2H3/t16?,18?,19-,20-,21+,23-,24-/m0/s1. The van der Waals surface area contributed by atoms with E-state index in [1.165, 1.54) is 57.4 Å². The predicted molar refractivity (Wildman–Crippen MR) is 108 cm³/mol. The molecule has 5 rings (SSSR count). The maximum atomic E-state index is 13.2. The molecule has 0 aromatic carbocycles. The molecule has 0 saturated heterocycles. The number of hydrogen-bond acceptors (Lipinski definition) is 2. The van der Waals surface area contributed by atoms with Crippen LogP contribution in [0, 0.1) is 34.5 Å². The third kappa shape index (κ3) is 2.85. The van der Waals surface area contributed by atoms with Gasteiger partial charge in [-0.3, -0.25) is 4.79 Å². The summed E-state index contributed by atoms with van der Waals surface area (Å²) < 4.78 is 19.4. The fraction of sp³-hybridized carbons (Fsp3) is 0.792. The van der Waals surface area contributed by atoms with Gasteiger partial charge < -0.3 is 4.74 Å². The molecule has 0 spiro atoms. The van der Waals surface area contributed by atoms with Gasteiger partial charge in [0.15, 0.2) is 0 Å². The summed E-state index contributed by atoms with van der Waals surface area (Å²) in [6.07, 6.45) is 14.6. The van der Waals surface area contributed by atoms with E-state index in [4.69, 9.17) is 4.74 Å². The molecule has 0 bridgehead atoms. The van der Waals surface area contributed by atoms with Crippen molar-refractivity contribution in [2.75, 3.05) is 0 Å². The van der Waals surface area contributed by atoms with Crippen molar-refractivity contribution >= 4 is 0 Å². The summed E-state index contributed by atoms with van der Waals surface area (Å²) in [6.45, 7) is 5.11. The molecule has 3 nitrogen and oxygen atoms in total. The molecule has 1 aromatic rings. The zero-order chi connectivity index (χ0) is 19.5. The van der Waals surface area contributed by atoms with Crippen LogP contribution in [-0.4, -0.2) is 10.9 Å². The van der Waals surface area contributed by atoms with Crippen LogP contribution < -0.4 is 10.3 Å². The number of rotatable bonds is 2. The predicted octanol–water partition coefficient (Wildman–Crippen LogP) is 5.76. The van der Waals surface area contributed by atoms with Gasteiger partial charge in [0.25, 0.3) is 5.56 Å². The van der Waals surface area contributed by atoms with Crippen molar-refractivity contribution in [3.8, 4) is 5.75 Å². The third-order valence-electron chi connectivity index (χ3n) is 9.50. The number of ether oxygens (including phenoxy) is 1. The highest BCUT2D eigenvalue weighted by atomic mass is 19.2. The van der Waals surface area contributed by atoms with Crippen LogP contribution in [0.15, 0.2) is 23.1 Å². The molecule has 0 amide bonds. The molecule has 154 valence electrons. The number of aromatic nitrogens is 1. The summed E-state index contributed by atoms with van der Waals surface area (Å²) in [6, 6.07) is 2.85. The minimum Gasteiger partial charge on any atom is -0.490 e. The average molecular weight is 388 g/mol. The van der Waals surface area contributed by atoms with E-state index >= 15 is 0 Å². The number of hydrogen-bond donors (Lipinski definition) is 0. The van der Waals surface area contributed by atoms with Crippen LogP contribution in [0.2, 0.25) is 0 Å². The molecule has 0 N–H and O–H groups in total.